The van der Waals surface area contributed by atoms with E-state index in [0.29, 0.717) is 0 Å². The van der Waals surface area contributed by atoms with Gasteiger partial charge in [0.2, 0.25) is 0 Å². The summed E-state index contributed by atoms with van der Waals surface area (Å²) >= 11 is 0. The van der Waals surface area contributed by atoms with Crippen LogP contribution >= 0.6 is 0 Å². The van der Waals surface area contributed by atoms with Gasteiger partial charge in [0, 0.05) is 25.1 Å². The third-order valence-corrected chi connectivity index (χ3v) is 4.60. The van der Waals surface area contributed by atoms with Gasteiger partial charge in [-0.2, -0.15) is 0 Å². The van der Waals surface area contributed by atoms with Crippen LogP contribution in [0, 0.1) is 11.3 Å². The molecule has 0 aromatic carbocycles. The van der Waals surface area contributed by atoms with Crippen LogP contribution in [0.1, 0.15) is 51.4 Å². The minimum absolute atomic E-state index is 0.0816. The van der Waals surface area contributed by atoms with Crippen molar-refractivity contribution in [1.29, 1.82) is 0 Å². The summed E-state index contributed by atoms with van der Waals surface area (Å²) in [6.07, 6.45) is 11.1. The first-order chi connectivity index (χ1) is 9.24. The zero-order valence-electron chi connectivity index (χ0n) is 12.4. The third kappa shape index (κ3) is 5.23. The minimum Gasteiger partial charge on any atom is -0.380 e. The molecule has 3 nitrogen and oxygen atoms in total. The highest BCUT2D eigenvalue weighted by atomic mass is 16.5. The number of carbonyl (C=O) groups excluding carboxylic acids is 1. The Kier molecular flexibility index (Phi) is 5.83. The molecule has 19 heavy (non-hydrogen) atoms. The molecular weight excluding hydrogens is 238 g/mol. The minimum atomic E-state index is -0.0816. The Morgan fingerprint density at radius 2 is 1.89 bits per heavy atom. The molecule has 0 unspecified atom stereocenters. The summed E-state index contributed by atoms with van der Waals surface area (Å²) in [6, 6.07) is 0. The van der Waals surface area contributed by atoms with Crippen molar-refractivity contribution < 1.29 is 9.53 Å². The highest BCUT2D eigenvalue weighted by Crippen LogP contribution is 2.33. The van der Waals surface area contributed by atoms with Gasteiger partial charge < -0.3 is 14.4 Å². The van der Waals surface area contributed by atoms with E-state index in [1.54, 1.807) is 0 Å². The molecule has 110 valence electrons. The Bertz CT molecular complexity index is 268. The van der Waals surface area contributed by atoms with E-state index in [1.165, 1.54) is 44.8 Å². The highest BCUT2D eigenvalue weighted by molar-refractivity contribution is 5.59. The molecule has 0 atom stereocenters. The normalized spacial score (nSPS) is 23.3. The van der Waals surface area contributed by atoms with Gasteiger partial charge in [0.05, 0.1) is 6.61 Å². The largest absolute Gasteiger partial charge is 0.380 e. The quantitative estimate of drug-likeness (QED) is 0.385. The first kappa shape index (κ1) is 15.0. The standard InChI is InChI=1S/C16H29NO2/c1-17(10-11-19-12-15-6-7-15)13-16(14-18)8-4-2-3-5-9-16/h14-15H,2-13H2,1H3. The van der Waals surface area contributed by atoms with Crippen molar-refractivity contribution in [3.63, 3.8) is 0 Å². The van der Waals surface area contributed by atoms with Crippen molar-refractivity contribution in [2.24, 2.45) is 11.3 Å². The molecule has 0 amide bonds. The Morgan fingerprint density at radius 1 is 1.21 bits per heavy atom. The molecule has 0 aliphatic heterocycles. The predicted molar refractivity (Wildman–Crippen MR) is 77.2 cm³/mol. The molecule has 2 rings (SSSR count). The van der Waals surface area contributed by atoms with Gasteiger partial charge in [0.25, 0.3) is 0 Å². The average Bonchev–Trinajstić information content (AvgIpc) is 3.22. The van der Waals surface area contributed by atoms with Crippen molar-refractivity contribution in [3.8, 4) is 0 Å². The summed E-state index contributed by atoms with van der Waals surface area (Å²) < 4.78 is 5.68. The predicted octanol–water partition coefficient (Wildman–Crippen LogP) is 2.88. The molecule has 0 aromatic rings. The molecule has 0 saturated heterocycles. The second-order valence-corrected chi connectivity index (χ2v) is 6.65. The fraction of sp³-hybridized carbons (Fsp3) is 0.938. The first-order valence-corrected chi connectivity index (χ1v) is 7.97. The lowest BCUT2D eigenvalue weighted by Crippen LogP contribution is -2.38. The van der Waals surface area contributed by atoms with Crippen LogP contribution in [-0.2, 0) is 9.53 Å². The van der Waals surface area contributed by atoms with Crippen LogP contribution in [0.2, 0.25) is 0 Å². The maximum atomic E-state index is 11.5. The number of hydrogen-bond donors (Lipinski definition) is 0. The van der Waals surface area contributed by atoms with Crippen molar-refractivity contribution >= 4 is 6.29 Å². The molecule has 2 fully saturated rings. The number of ether oxygens (including phenoxy) is 1. The van der Waals surface area contributed by atoms with E-state index in [4.69, 9.17) is 4.74 Å². The van der Waals surface area contributed by atoms with E-state index in [2.05, 4.69) is 11.9 Å². The highest BCUT2D eigenvalue weighted by Gasteiger charge is 2.31. The smallest absolute Gasteiger partial charge is 0.127 e. The van der Waals surface area contributed by atoms with E-state index >= 15 is 0 Å². The fourth-order valence-electron chi connectivity index (χ4n) is 3.12. The molecular formula is C16H29NO2. The van der Waals surface area contributed by atoms with Gasteiger partial charge in [-0.3, -0.25) is 0 Å². The van der Waals surface area contributed by atoms with E-state index in [9.17, 15) is 4.79 Å². The summed E-state index contributed by atoms with van der Waals surface area (Å²) in [7, 11) is 2.12. The van der Waals surface area contributed by atoms with Crippen molar-refractivity contribution in [2.45, 2.75) is 51.4 Å². The van der Waals surface area contributed by atoms with Gasteiger partial charge in [-0.1, -0.05) is 25.7 Å². The number of rotatable bonds is 8. The Hall–Kier alpha value is -0.410. The molecule has 2 saturated carbocycles. The topological polar surface area (TPSA) is 29.5 Å². The Morgan fingerprint density at radius 3 is 2.47 bits per heavy atom. The van der Waals surface area contributed by atoms with Gasteiger partial charge in [0.15, 0.2) is 0 Å². The van der Waals surface area contributed by atoms with Crippen molar-refractivity contribution in [1.82, 2.24) is 4.90 Å². The molecule has 0 aromatic heterocycles. The van der Waals surface area contributed by atoms with Gasteiger partial charge in [-0.25, -0.2) is 0 Å². The van der Waals surface area contributed by atoms with Crippen LogP contribution in [0.5, 0.6) is 0 Å². The number of carbonyl (C=O) groups is 1. The number of aldehydes is 1. The summed E-state index contributed by atoms with van der Waals surface area (Å²) in [5.74, 6) is 0.841. The SMILES string of the molecule is CN(CCOCC1CC1)CC1(C=O)CCCCCC1. The molecule has 2 aliphatic carbocycles. The third-order valence-electron chi connectivity index (χ3n) is 4.60. The molecule has 0 radical (unpaired) electrons. The first-order valence-electron chi connectivity index (χ1n) is 7.97. The maximum absolute atomic E-state index is 11.5. The maximum Gasteiger partial charge on any atom is 0.127 e. The van der Waals surface area contributed by atoms with Gasteiger partial charge >= 0.3 is 0 Å². The second-order valence-electron chi connectivity index (χ2n) is 6.65. The van der Waals surface area contributed by atoms with Gasteiger partial charge in [-0.05, 0) is 38.6 Å². The summed E-state index contributed by atoms with van der Waals surface area (Å²) in [4.78, 5) is 13.8. The van der Waals surface area contributed by atoms with Crippen molar-refractivity contribution in [2.75, 3.05) is 33.4 Å². The lowest BCUT2D eigenvalue weighted by atomic mass is 9.81. The monoisotopic (exact) mass is 267 g/mol. The van der Waals surface area contributed by atoms with Crippen LogP contribution in [0.15, 0.2) is 0 Å². The van der Waals surface area contributed by atoms with Gasteiger partial charge in [0.1, 0.15) is 6.29 Å². The zero-order chi connectivity index (χ0) is 13.6. The number of hydrogen-bond acceptors (Lipinski definition) is 3. The molecule has 0 spiro atoms. The number of nitrogens with zero attached hydrogens (tertiary/aromatic N) is 1. The lowest BCUT2D eigenvalue weighted by molar-refractivity contribution is -0.118. The van der Waals surface area contributed by atoms with Crippen LogP contribution < -0.4 is 0 Å². The fourth-order valence-corrected chi connectivity index (χ4v) is 3.12. The molecule has 3 heteroatoms. The van der Waals surface area contributed by atoms with Gasteiger partial charge in [-0.15, -0.1) is 0 Å². The zero-order valence-corrected chi connectivity index (χ0v) is 12.4. The van der Waals surface area contributed by atoms with Crippen LogP contribution in [0.4, 0.5) is 0 Å². The van der Waals surface area contributed by atoms with Crippen LogP contribution in [0.25, 0.3) is 0 Å². The van der Waals surface area contributed by atoms with Crippen LogP contribution in [-0.4, -0.2) is 44.5 Å². The average molecular weight is 267 g/mol. The molecule has 0 bridgehead atoms. The lowest BCUT2D eigenvalue weighted by Gasteiger charge is -2.31. The molecule has 0 heterocycles. The number of likely N-dealkylation sites (N-methyl/N-ethyl adjacent to an activating group) is 1. The van der Waals surface area contributed by atoms with E-state index < -0.39 is 0 Å². The Balaban J connectivity index is 1.67. The van der Waals surface area contributed by atoms with E-state index in [-0.39, 0.29) is 5.41 Å². The second kappa shape index (κ2) is 7.39. The molecule has 0 N–H and O–H groups in total. The van der Waals surface area contributed by atoms with E-state index in [0.717, 1.165) is 45.1 Å². The molecule has 2 aliphatic rings. The van der Waals surface area contributed by atoms with Crippen LogP contribution in [0.3, 0.4) is 0 Å². The van der Waals surface area contributed by atoms with E-state index in [1.807, 2.05) is 0 Å². The summed E-state index contributed by atoms with van der Waals surface area (Å²) in [6.45, 7) is 3.60. The Labute approximate surface area is 117 Å². The summed E-state index contributed by atoms with van der Waals surface area (Å²) in [5.41, 5.74) is -0.0816. The van der Waals surface area contributed by atoms with Crippen molar-refractivity contribution in [3.05, 3.63) is 0 Å². The summed E-state index contributed by atoms with van der Waals surface area (Å²) in [5, 5.41) is 0.